The lowest BCUT2D eigenvalue weighted by atomic mass is 10.1. The Hall–Kier alpha value is -1.51. The van der Waals surface area contributed by atoms with Crippen molar-refractivity contribution in [1.82, 2.24) is 10.3 Å². The summed E-state index contributed by atoms with van der Waals surface area (Å²) < 4.78 is 2.51. The smallest absolute Gasteiger partial charge is 0.186 e. The fraction of sp³-hybridized carbons (Fsp3) is 0.300. The highest BCUT2D eigenvalue weighted by molar-refractivity contribution is 14.1. The highest BCUT2D eigenvalue weighted by Gasteiger charge is 2.24. The van der Waals surface area contributed by atoms with Crippen LogP contribution in [0.25, 0.3) is 10.2 Å². The second-order valence-electron chi connectivity index (χ2n) is 6.61. The van der Waals surface area contributed by atoms with Gasteiger partial charge in [-0.15, -0.1) is 0 Å². The van der Waals surface area contributed by atoms with Crippen LogP contribution in [0.1, 0.15) is 17.5 Å². The molecule has 1 unspecified atom stereocenters. The molecule has 0 saturated carbocycles. The Bertz CT molecular complexity index is 926. The van der Waals surface area contributed by atoms with E-state index < -0.39 is 0 Å². The van der Waals surface area contributed by atoms with Crippen molar-refractivity contribution in [1.29, 1.82) is 0 Å². The second-order valence-corrected chi connectivity index (χ2v) is 8.87. The topological polar surface area (TPSA) is 45.2 Å². The van der Waals surface area contributed by atoms with Crippen LogP contribution in [0.2, 0.25) is 0 Å². The molecule has 1 aliphatic rings. The Kier molecular flexibility index (Phi) is 5.52. The van der Waals surface area contributed by atoms with Crippen LogP contribution in [0, 0.1) is 3.57 Å². The summed E-state index contributed by atoms with van der Waals surface area (Å²) >= 11 is 4.13. The number of anilines is 1. The number of thiazole rings is 1. The molecule has 0 aliphatic carbocycles. The Morgan fingerprint density at radius 3 is 3.04 bits per heavy atom. The molecule has 1 aromatic heterocycles. The lowest BCUT2D eigenvalue weighted by Gasteiger charge is -2.16. The monoisotopic (exact) mass is 477 g/mol. The summed E-state index contributed by atoms with van der Waals surface area (Å²) in [5, 5.41) is 4.78. The van der Waals surface area contributed by atoms with Gasteiger partial charge in [-0.1, -0.05) is 35.6 Å². The molecule has 1 aliphatic heterocycles. The molecule has 2 heterocycles. The largest absolute Gasteiger partial charge is 0.346 e. The number of nitrogens with zero attached hydrogens (tertiary/aromatic N) is 2. The van der Waals surface area contributed by atoms with Gasteiger partial charge in [-0.3, -0.25) is 0 Å². The third kappa shape index (κ3) is 4.07. The number of carbonyl (C=O) groups excluding carboxylic acids is 1. The molecule has 4 rings (SSSR count). The summed E-state index contributed by atoms with van der Waals surface area (Å²) in [5.74, 6) is 0. The molecule has 1 atom stereocenters. The minimum atomic E-state index is 0.469. The number of benzene rings is 2. The zero-order chi connectivity index (χ0) is 17.9. The number of fused-ring (bicyclic) bond motifs is 1. The number of rotatable bonds is 6. The van der Waals surface area contributed by atoms with Crippen LogP contribution in [0.3, 0.4) is 0 Å². The van der Waals surface area contributed by atoms with Gasteiger partial charge in [-0.2, -0.15) is 0 Å². The molecule has 26 heavy (non-hydrogen) atoms. The van der Waals surface area contributed by atoms with Crippen molar-refractivity contribution in [3.8, 4) is 0 Å². The van der Waals surface area contributed by atoms with Crippen molar-refractivity contribution in [2.75, 3.05) is 18.0 Å². The van der Waals surface area contributed by atoms with Crippen LogP contribution in [0.4, 0.5) is 5.13 Å². The third-order valence-electron chi connectivity index (χ3n) is 4.70. The molecular formula is C20H20IN3OS. The maximum atomic E-state index is 10.7. The predicted octanol–water partition coefficient (Wildman–Crippen LogP) is 4.01. The summed E-state index contributed by atoms with van der Waals surface area (Å²) in [6.07, 6.45) is 2.57. The Balaban J connectivity index is 1.37. The maximum Gasteiger partial charge on any atom is 0.186 e. The molecule has 4 nitrogen and oxygen atoms in total. The molecule has 134 valence electrons. The Morgan fingerprint density at radius 1 is 1.27 bits per heavy atom. The first-order valence-electron chi connectivity index (χ1n) is 8.77. The van der Waals surface area contributed by atoms with Crippen molar-refractivity contribution < 1.29 is 4.79 Å². The number of carbonyl (C=O) groups is 1. The number of aldehydes is 1. The van der Waals surface area contributed by atoms with Crippen molar-refractivity contribution >= 4 is 55.6 Å². The zero-order valence-electron chi connectivity index (χ0n) is 14.3. The Labute approximate surface area is 170 Å². The van der Waals surface area contributed by atoms with Gasteiger partial charge in [0.2, 0.25) is 0 Å². The average molecular weight is 477 g/mol. The minimum absolute atomic E-state index is 0.469. The zero-order valence-corrected chi connectivity index (χ0v) is 17.3. The number of halogens is 1. The molecule has 0 amide bonds. The average Bonchev–Trinajstić information content (AvgIpc) is 3.27. The lowest BCUT2D eigenvalue weighted by Crippen LogP contribution is -2.32. The molecule has 1 N–H and O–H groups in total. The quantitative estimate of drug-likeness (QED) is 0.431. The van der Waals surface area contributed by atoms with Crippen LogP contribution in [0.15, 0.2) is 42.5 Å². The van der Waals surface area contributed by atoms with E-state index in [1.165, 1.54) is 13.8 Å². The van der Waals surface area contributed by atoms with Crippen molar-refractivity contribution in [2.45, 2.75) is 25.4 Å². The predicted molar refractivity (Wildman–Crippen MR) is 116 cm³/mol. The molecular weight excluding hydrogens is 457 g/mol. The van der Waals surface area contributed by atoms with Crippen LogP contribution in [-0.4, -0.2) is 30.4 Å². The summed E-state index contributed by atoms with van der Waals surface area (Å²) in [5.41, 5.74) is 3.41. The van der Waals surface area contributed by atoms with Gasteiger partial charge in [0.05, 0.1) is 10.2 Å². The van der Waals surface area contributed by atoms with E-state index in [1.54, 1.807) is 11.3 Å². The standard InChI is InChI=1S/C20H20IN3OS/c21-16-4-5-18-19(11-16)26-20(23-18)24-8-6-17(13-24)22-12-15-3-1-2-14(10-15)7-9-25/h1-5,9-11,17,22H,6-8,12-13H2. The van der Waals surface area contributed by atoms with Gasteiger partial charge < -0.3 is 15.0 Å². The van der Waals surface area contributed by atoms with E-state index in [1.807, 2.05) is 12.1 Å². The van der Waals surface area contributed by atoms with Crippen LogP contribution in [-0.2, 0) is 17.8 Å². The van der Waals surface area contributed by atoms with E-state index in [0.717, 1.165) is 48.6 Å². The van der Waals surface area contributed by atoms with Crippen LogP contribution >= 0.6 is 33.9 Å². The second kappa shape index (κ2) is 8.02. The molecule has 3 aromatic rings. The molecule has 0 spiro atoms. The highest BCUT2D eigenvalue weighted by Crippen LogP contribution is 2.31. The molecule has 1 fully saturated rings. The Morgan fingerprint density at radius 2 is 2.15 bits per heavy atom. The van der Waals surface area contributed by atoms with Crippen molar-refractivity contribution in [2.24, 2.45) is 0 Å². The van der Waals surface area contributed by atoms with Crippen molar-refractivity contribution in [3.63, 3.8) is 0 Å². The first-order valence-corrected chi connectivity index (χ1v) is 10.7. The number of hydrogen-bond donors (Lipinski definition) is 1. The van der Waals surface area contributed by atoms with Crippen LogP contribution in [0.5, 0.6) is 0 Å². The van der Waals surface area contributed by atoms with Gasteiger partial charge in [0.25, 0.3) is 0 Å². The van der Waals surface area contributed by atoms with Crippen molar-refractivity contribution in [3.05, 3.63) is 57.2 Å². The highest BCUT2D eigenvalue weighted by atomic mass is 127. The summed E-state index contributed by atoms with van der Waals surface area (Å²) in [6.45, 7) is 2.87. The first kappa shape index (κ1) is 17.9. The van der Waals surface area contributed by atoms with E-state index in [2.05, 4.69) is 63.1 Å². The summed E-state index contributed by atoms with van der Waals surface area (Å²) in [4.78, 5) is 17.9. The fourth-order valence-corrected chi connectivity index (χ4v) is 5.09. The normalized spacial score (nSPS) is 17.1. The lowest BCUT2D eigenvalue weighted by molar-refractivity contribution is -0.107. The van der Waals surface area contributed by atoms with E-state index in [-0.39, 0.29) is 0 Å². The molecule has 0 bridgehead atoms. The van der Waals surface area contributed by atoms with E-state index in [0.29, 0.717) is 12.5 Å². The van der Waals surface area contributed by atoms with Gasteiger partial charge in [0.1, 0.15) is 6.29 Å². The van der Waals surface area contributed by atoms with Gasteiger partial charge in [0, 0.05) is 35.7 Å². The van der Waals surface area contributed by atoms with Gasteiger partial charge in [-0.25, -0.2) is 4.98 Å². The van der Waals surface area contributed by atoms with Gasteiger partial charge in [-0.05, 0) is 58.3 Å². The number of nitrogens with one attached hydrogen (secondary N) is 1. The summed E-state index contributed by atoms with van der Waals surface area (Å²) in [6, 6.07) is 15.1. The van der Waals surface area contributed by atoms with E-state index in [9.17, 15) is 4.79 Å². The van der Waals surface area contributed by atoms with E-state index in [4.69, 9.17) is 4.98 Å². The molecule has 0 radical (unpaired) electrons. The van der Waals surface area contributed by atoms with Crippen LogP contribution < -0.4 is 10.2 Å². The van der Waals surface area contributed by atoms with Gasteiger partial charge >= 0.3 is 0 Å². The molecule has 2 aromatic carbocycles. The molecule has 1 saturated heterocycles. The maximum absolute atomic E-state index is 10.7. The molecule has 6 heteroatoms. The fourth-order valence-electron chi connectivity index (χ4n) is 3.35. The number of hydrogen-bond acceptors (Lipinski definition) is 5. The first-order chi connectivity index (χ1) is 12.7. The van der Waals surface area contributed by atoms with E-state index >= 15 is 0 Å². The minimum Gasteiger partial charge on any atom is -0.346 e. The van der Waals surface area contributed by atoms with Gasteiger partial charge in [0.15, 0.2) is 5.13 Å². The SMILES string of the molecule is O=CCc1cccc(CNC2CCN(c3nc4ccc(I)cc4s3)C2)c1. The third-order valence-corrected chi connectivity index (χ3v) is 6.45. The number of aromatic nitrogens is 1. The summed E-state index contributed by atoms with van der Waals surface area (Å²) in [7, 11) is 0.